The molecule has 0 fully saturated rings. The molecular formula is C15H22ClNO3. The van der Waals surface area contributed by atoms with Crippen molar-refractivity contribution in [2.45, 2.75) is 25.4 Å². The Morgan fingerprint density at radius 3 is 2.45 bits per heavy atom. The number of ether oxygens (including phenoxy) is 1. The molecule has 0 aliphatic carbocycles. The van der Waals surface area contributed by atoms with Crippen molar-refractivity contribution in [1.29, 1.82) is 0 Å². The first-order valence-corrected chi connectivity index (χ1v) is 6.85. The summed E-state index contributed by atoms with van der Waals surface area (Å²) < 4.78 is 4.87. The Hall–Kier alpha value is -1.10. The molecule has 0 saturated carbocycles. The number of hydrogen-bond acceptors (Lipinski definition) is 3. The van der Waals surface area contributed by atoms with Crippen molar-refractivity contribution >= 4 is 17.5 Å². The SMILES string of the molecule is COCC(O)CN(C)C(=O)C(C)(C)c1ccc(Cl)cc1. The zero-order chi connectivity index (χ0) is 15.3. The Labute approximate surface area is 125 Å². The second-order valence-corrected chi connectivity index (χ2v) is 5.86. The molecule has 0 saturated heterocycles. The third-order valence-corrected chi connectivity index (χ3v) is 3.54. The number of rotatable bonds is 6. The maximum absolute atomic E-state index is 12.5. The highest BCUT2D eigenvalue weighted by atomic mass is 35.5. The molecule has 1 atom stereocenters. The van der Waals surface area contributed by atoms with Crippen LogP contribution in [-0.2, 0) is 14.9 Å². The molecule has 1 rings (SSSR count). The van der Waals surface area contributed by atoms with Gasteiger partial charge in [-0.3, -0.25) is 4.79 Å². The van der Waals surface area contributed by atoms with Gasteiger partial charge in [0.25, 0.3) is 0 Å². The number of hydrogen-bond donors (Lipinski definition) is 1. The fourth-order valence-corrected chi connectivity index (χ4v) is 2.24. The summed E-state index contributed by atoms with van der Waals surface area (Å²) in [5, 5.41) is 10.3. The average molecular weight is 300 g/mol. The Morgan fingerprint density at radius 2 is 1.95 bits per heavy atom. The normalized spacial score (nSPS) is 13.1. The number of aliphatic hydroxyl groups is 1. The summed E-state index contributed by atoms with van der Waals surface area (Å²) in [7, 11) is 3.20. The van der Waals surface area contributed by atoms with E-state index in [1.807, 2.05) is 26.0 Å². The van der Waals surface area contributed by atoms with E-state index >= 15 is 0 Å². The molecule has 0 radical (unpaired) electrons. The molecule has 1 N–H and O–H groups in total. The maximum atomic E-state index is 12.5. The number of aliphatic hydroxyl groups excluding tert-OH is 1. The van der Waals surface area contributed by atoms with Gasteiger partial charge in [0.2, 0.25) is 5.91 Å². The van der Waals surface area contributed by atoms with Crippen LogP contribution >= 0.6 is 11.6 Å². The van der Waals surface area contributed by atoms with Gasteiger partial charge < -0.3 is 14.7 Å². The van der Waals surface area contributed by atoms with Crippen molar-refractivity contribution in [3.63, 3.8) is 0 Å². The quantitative estimate of drug-likeness (QED) is 0.875. The monoisotopic (exact) mass is 299 g/mol. The Kier molecular flexibility index (Phi) is 5.99. The van der Waals surface area contributed by atoms with E-state index in [1.165, 1.54) is 12.0 Å². The van der Waals surface area contributed by atoms with Crippen molar-refractivity contribution in [2.24, 2.45) is 0 Å². The van der Waals surface area contributed by atoms with Crippen LogP contribution in [0.15, 0.2) is 24.3 Å². The molecule has 1 aromatic carbocycles. The van der Waals surface area contributed by atoms with Gasteiger partial charge in [-0.15, -0.1) is 0 Å². The third kappa shape index (κ3) is 4.20. The average Bonchev–Trinajstić information content (AvgIpc) is 2.38. The second kappa shape index (κ2) is 7.07. The van der Waals surface area contributed by atoms with E-state index in [4.69, 9.17) is 16.3 Å². The number of carbonyl (C=O) groups is 1. The lowest BCUT2D eigenvalue weighted by Gasteiger charge is -2.31. The summed E-state index contributed by atoms with van der Waals surface area (Å²) in [6.07, 6.45) is -0.685. The van der Waals surface area contributed by atoms with Gasteiger partial charge in [0.1, 0.15) is 0 Å². The summed E-state index contributed by atoms with van der Waals surface area (Å²) in [4.78, 5) is 14.1. The Bertz CT molecular complexity index is 445. The zero-order valence-corrected chi connectivity index (χ0v) is 13.1. The van der Waals surface area contributed by atoms with Gasteiger partial charge in [-0.25, -0.2) is 0 Å². The van der Waals surface area contributed by atoms with Crippen LogP contribution in [0.3, 0.4) is 0 Å². The van der Waals surface area contributed by atoms with Crippen LogP contribution in [0.1, 0.15) is 19.4 Å². The molecule has 1 unspecified atom stereocenters. The molecule has 0 heterocycles. The lowest BCUT2D eigenvalue weighted by molar-refractivity contribution is -0.136. The van der Waals surface area contributed by atoms with Crippen molar-refractivity contribution in [3.8, 4) is 0 Å². The fraction of sp³-hybridized carbons (Fsp3) is 0.533. The number of methoxy groups -OCH3 is 1. The first-order chi connectivity index (χ1) is 9.28. The van der Waals surface area contributed by atoms with Gasteiger partial charge in [-0.1, -0.05) is 23.7 Å². The van der Waals surface area contributed by atoms with Crippen LogP contribution in [0.4, 0.5) is 0 Å². The highest BCUT2D eigenvalue weighted by Crippen LogP contribution is 2.26. The number of likely N-dealkylation sites (N-methyl/N-ethyl adjacent to an activating group) is 1. The topological polar surface area (TPSA) is 49.8 Å². The van der Waals surface area contributed by atoms with Crippen molar-refractivity contribution in [2.75, 3.05) is 27.3 Å². The van der Waals surface area contributed by atoms with E-state index in [9.17, 15) is 9.90 Å². The summed E-state index contributed by atoms with van der Waals surface area (Å²) in [6, 6.07) is 7.23. The largest absolute Gasteiger partial charge is 0.389 e. The number of amides is 1. The zero-order valence-electron chi connectivity index (χ0n) is 12.4. The first kappa shape index (κ1) is 17.0. The van der Waals surface area contributed by atoms with Crippen LogP contribution in [0.2, 0.25) is 5.02 Å². The van der Waals surface area contributed by atoms with Crippen LogP contribution in [-0.4, -0.2) is 49.3 Å². The summed E-state index contributed by atoms with van der Waals surface area (Å²) in [6.45, 7) is 4.16. The number of carbonyl (C=O) groups excluding carboxylic acids is 1. The van der Waals surface area contributed by atoms with Crippen LogP contribution in [0, 0.1) is 0 Å². The van der Waals surface area contributed by atoms with E-state index in [0.717, 1.165) is 5.56 Å². The molecule has 0 spiro atoms. The molecule has 20 heavy (non-hydrogen) atoms. The summed E-state index contributed by atoms with van der Waals surface area (Å²) in [5.74, 6) is -0.0602. The van der Waals surface area contributed by atoms with Gasteiger partial charge in [-0.05, 0) is 31.5 Å². The third-order valence-electron chi connectivity index (χ3n) is 3.29. The van der Waals surface area contributed by atoms with E-state index in [-0.39, 0.29) is 19.1 Å². The molecule has 4 nitrogen and oxygen atoms in total. The molecule has 0 bridgehead atoms. The Balaban J connectivity index is 2.80. The molecule has 1 amide bonds. The van der Waals surface area contributed by atoms with E-state index in [0.29, 0.717) is 5.02 Å². The highest BCUT2D eigenvalue weighted by Gasteiger charge is 2.32. The van der Waals surface area contributed by atoms with Crippen molar-refractivity contribution in [1.82, 2.24) is 4.90 Å². The highest BCUT2D eigenvalue weighted by molar-refractivity contribution is 6.30. The van der Waals surface area contributed by atoms with Crippen LogP contribution in [0.25, 0.3) is 0 Å². The minimum Gasteiger partial charge on any atom is -0.389 e. The second-order valence-electron chi connectivity index (χ2n) is 5.43. The lowest BCUT2D eigenvalue weighted by atomic mass is 9.83. The van der Waals surface area contributed by atoms with Crippen molar-refractivity contribution in [3.05, 3.63) is 34.9 Å². The van der Waals surface area contributed by atoms with Gasteiger partial charge in [0.05, 0.1) is 18.1 Å². The molecule has 112 valence electrons. The lowest BCUT2D eigenvalue weighted by Crippen LogP contribution is -2.45. The molecule has 5 heteroatoms. The van der Waals surface area contributed by atoms with Gasteiger partial charge >= 0.3 is 0 Å². The van der Waals surface area contributed by atoms with Gasteiger partial charge in [0, 0.05) is 25.7 Å². The molecule has 0 aliphatic rings. The smallest absolute Gasteiger partial charge is 0.232 e. The first-order valence-electron chi connectivity index (χ1n) is 6.47. The predicted octanol–water partition coefficient (Wildman–Crippen LogP) is 2.08. The standard InChI is InChI=1S/C15H22ClNO3/c1-15(2,11-5-7-12(16)8-6-11)14(19)17(3)9-13(18)10-20-4/h5-8,13,18H,9-10H2,1-4H3. The van der Waals surface area contributed by atoms with Gasteiger partial charge in [0.15, 0.2) is 0 Å². The van der Waals surface area contributed by atoms with Crippen LogP contribution in [0.5, 0.6) is 0 Å². The maximum Gasteiger partial charge on any atom is 0.232 e. The molecular weight excluding hydrogens is 278 g/mol. The van der Waals surface area contributed by atoms with E-state index in [2.05, 4.69) is 0 Å². The minimum absolute atomic E-state index is 0.0602. The van der Waals surface area contributed by atoms with E-state index in [1.54, 1.807) is 19.2 Å². The molecule has 0 aliphatic heterocycles. The van der Waals surface area contributed by atoms with Gasteiger partial charge in [-0.2, -0.15) is 0 Å². The van der Waals surface area contributed by atoms with E-state index < -0.39 is 11.5 Å². The summed E-state index contributed by atoms with van der Waals surface area (Å²) in [5.41, 5.74) is 0.214. The number of nitrogens with zero attached hydrogens (tertiary/aromatic N) is 1. The Morgan fingerprint density at radius 1 is 1.40 bits per heavy atom. The minimum atomic E-state index is -0.685. The van der Waals surface area contributed by atoms with Crippen molar-refractivity contribution < 1.29 is 14.6 Å². The number of benzene rings is 1. The fourth-order valence-electron chi connectivity index (χ4n) is 2.11. The predicted molar refractivity (Wildman–Crippen MR) is 80.0 cm³/mol. The summed E-state index contributed by atoms with van der Waals surface area (Å²) >= 11 is 5.87. The molecule has 0 aromatic heterocycles. The molecule has 1 aromatic rings. The number of halogens is 1. The van der Waals surface area contributed by atoms with Crippen LogP contribution < -0.4 is 0 Å².